The third-order valence-corrected chi connectivity index (χ3v) is 7.99. The van der Waals surface area contributed by atoms with Crippen molar-refractivity contribution >= 4 is 15.7 Å². The number of carbonyl (C=O) groups is 1. The fraction of sp³-hybridized carbons (Fsp3) is 0.400. The van der Waals surface area contributed by atoms with Gasteiger partial charge >= 0.3 is 0 Å². The number of sulfone groups is 1. The van der Waals surface area contributed by atoms with Gasteiger partial charge in [0.25, 0.3) is 5.91 Å². The normalized spacial score (nSPS) is 22.1. The van der Waals surface area contributed by atoms with Crippen molar-refractivity contribution in [1.29, 1.82) is 0 Å². The Labute approximate surface area is 170 Å². The molecule has 1 aliphatic rings. The Bertz CT molecular complexity index is 934. The Morgan fingerprint density at radius 2 is 2.03 bits per heavy atom. The minimum Gasteiger partial charge on any atom is -0.497 e. The number of benzene rings is 1. The van der Waals surface area contributed by atoms with Crippen LogP contribution in [-0.2, 0) is 21.2 Å². The molecule has 0 bridgehead atoms. The van der Waals surface area contributed by atoms with Crippen LogP contribution in [0.25, 0.3) is 0 Å². The van der Waals surface area contributed by atoms with E-state index >= 15 is 0 Å². The fourth-order valence-corrected chi connectivity index (χ4v) is 6.12. The molecule has 9 heteroatoms. The van der Waals surface area contributed by atoms with E-state index < -0.39 is 26.5 Å². The zero-order chi connectivity index (χ0) is 20.9. The average molecular weight is 420 g/mol. The van der Waals surface area contributed by atoms with Gasteiger partial charge in [0.15, 0.2) is 14.6 Å². The second kappa shape index (κ2) is 8.89. The number of hydrogen-bond acceptors (Lipinski definition) is 7. The molecule has 29 heavy (non-hydrogen) atoms. The highest BCUT2D eigenvalue weighted by Gasteiger charge is 2.57. The number of carbonyl (C=O) groups excluding carboxylic acids is 1. The molecule has 1 fully saturated rings. The summed E-state index contributed by atoms with van der Waals surface area (Å²) in [5.74, 6) is -0.406. The summed E-state index contributed by atoms with van der Waals surface area (Å²) in [7, 11) is -2.63. The highest BCUT2D eigenvalue weighted by atomic mass is 32.2. The van der Waals surface area contributed by atoms with Crippen molar-refractivity contribution in [2.75, 3.05) is 7.11 Å². The lowest BCUT2D eigenvalue weighted by Gasteiger charge is -2.41. The van der Waals surface area contributed by atoms with E-state index in [4.69, 9.17) is 4.74 Å². The van der Waals surface area contributed by atoms with Gasteiger partial charge in [-0.2, -0.15) is 0 Å². The van der Waals surface area contributed by atoms with E-state index in [1.807, 2.05) is 6.07 Å². The number of ether oxygens (including phenoxy) is 1. The van der Waals surface area contributed by atoms with Gasteiger partial charge < -0.3 is 10.1 Å². The smallest absolute Gasteiger partial charge is 0.266 e. The number of amides is 1. The van der Waals surface area contributed by atoms with Crippen molar-refractivity contribution in [2.45, 2.75) is 47.9 Å². The first-order valence-electron chi connectivity index (χ1n) is 9.41. The van der Waals surface area contributed by atoms with Crippen LogP contribution in [0.1, 0.15) is 31.2 Å². The summed E-state index contributed by atoms with van der Waals surface area (Å²) in [6, 6.07) is 8.92. The molecule has 3 N–H and O–H groups in total. The molecule has 2 unspecified atom stereocenters. The van der Waals surface area contributed by atoms with Crippen LogP contribution in [0.5, 0.6) is 5.75 Å². The lowest BCUT2D eigenvalue weighted by Crippen LogP contribution is -2.64. The topological polar surface area (TPSA) is 118 Å². The van der Waals surface area contributed by atoms with Crippen LogP contribution < -0.4 is 15.5 Å². The van der Waals surface area contributed by atoms with Crippen molar-refractivity contribution < 1.29 is 23.2 Å². The first-order valence-corrected chi connectivity index (χ1v) is 10.9. The maximum Gasteiger partial charge on any atom is 0.266 e. The summed E-state index contributed by atoms with van der Waals surface area (Å²) < 4.78 is 30.6. The largest absolute Gasteiger partial charge is 0.497 e. The molecule has 0 saturated heterocycles. The Morgan fingerprint density at radius 3 is 2.66 bits per heavy atom. The lowest BCUT2D eigenvalue weighted by atomic mass is 9.82. The Balaban J connectivity index is 2.00. The van der Waals surface area contributed by atoms with Crippen LogP contribution in [0.3, 0.4) is 0 Å². The summed E-state index contributed by atoms with van der Waals surface area (Å²) in [5, 5.41) is 12.7. The van der Waals surface area contributed by atoms with Gasteiger partial charge in [0.2, 0.25) is 0 Å². The van der Waals surface area contributed by atoms with Gasteiger partial charge in [-0.25, -0.2) is 13.9 Å². The third-order valence-electron chi connectivity index (χ3n) is 5.46. The van der Waals surface area contributed by atoms with Crippen LogP contribution >= 0.6 is 0 Å². The minimum absolute atomic E-state index is 0.0111. The molecule has 1 heterocycles. The molecule has 2 aromatic rings. The maximum absolute atomic E-state index is 13.7. The SMILES string of the molecule is COc1ccc(S(=O)(=O)C2(C(=O)NO)CCCCC2NCc2cccnc2)cc1. The second-order valence-electron chi connectivity index (χ2n) is 7.05. The van der Waals surface area contributed by atoms with Crippen molar-refractivity contribution in [2.24, 2.45) is 0 Å². The number of aromatic nitrogens is 1. The van der Waals surface area contributed by atoms with E-state index in [9.17, 15) is 18.4 Å². The molecular formula is C20H25N3O5S. The predicted molar refractivity (Wildman–Crippen MR) is 106 cm³/mol. The van der Waals surface area contributed by atoms with Gasteiger partial charge in [-0.1, -0.05) is 18.9 Å². The number of pyridine rings is 1. The number of rotatable bonds is 7. The Kier molecular flexibility index (Phi) is 6.51. The number of hydroxylamine groups is 1. The van der Waals surface area contributed by atoms with E-state index in [1.165, 1.54) is 19.2 Å². The van der Waals surface area contributed by atoms with E-state index in [2.05, 4.69) is 10.3 Å². The van der Waals surface area contributed by atoms with Gasteiger partial charge in [-0.05, 0) is 48.7 Å². The standard InChI is InChI=1S/C20H25N3O5S/c1-28-16-7-9-17(10-8-16)29(26,27)20(19(24)23-25)11-3-2-6-18(20)22-14-15-5-4-12-21-13-15/h4-5,7-10,12-13,18,22,25H,2-3,6,11,14H2,1H3,(H,23,24). The van der Waals surface area contributed by atoms with Crippen molar-refractivity contribution in [1.82, 2.24) is 15.8 Å². The molecule has 0 aliphatic heterocycles. The summed E-state index contributed by atoms with van der Waals surface area (Å²) in [6.07, 6.45) is 5.28. The first-order chi connectivity index (χ1) is 14.0. The number of nitrogens with zero attached hydrogens (tertiary/aromatic N) is 1. The van der Waals surface area contributed by atoms with E-state index in [1.54, 1.807) is 36.1 Å². The third kappa shape index (κ3) is 3.98. The first kappa shape index (κ1) is 21.2. The van der Waals surface area contributed by atoms with Gasteiger partial charge in [0.1, 0.15) is 5.75 Å². The molecule has 156 valence electrons. The molecule has 3 rings (SSSR count). The molecule has 0 radical (unpaired) electrons. The van der Waals surface area contributed by atoms with Crippen LogP contribution in [0.4, 0.5) is 0 Å². The van der Waals surface area contributed by atoms with Crippen molar-refractivity contribution in [3.63, 3.8) is 0 Å². The molecule has 1 aromatic carbocycles. The van der Waals surface area contributed by atoms with Gasteiger partial charge in [-0.3, -0.25) is 15.0 Å². The predicted octanol–water partition coefficient (Wildman–Crippen LogP) is 1.84. The van der Waals surface area contributed by atoms with Crippen LogP contribution in [-0.4, -0.2) is 42.4 Å². The summed E-state index contributed by atoms with van der Waals surface area (Å²) >= 11 is 0. The molecule has 0 spiro atoms. The highest BCUT2D eigenvalue weighted by Crippen LogP contribution is 2.40. The van der Waals surface area contributed by atoms with Gasteiger partial charge in [0.05, 0.1) is 12.0 Å². The Morgan fingerprint density at radius 1 is 1.28 bits per heavy atom. The second-order valence-corrected chi connectivity index (χ2v) is 9.26. The van der Waals surface area contributed by atoms with Crippen LogP contribution in [0, 0.1) is 0 Å². The van der Waals surface area contributed by atoms with Crippen molar-refractivity contribution in [3.8, 4) is 5.75 Å². The van der Waals surface area contributed by atoms with E-state index in [-0.39, 0.29) is 11.3 Å². The maximum atomic E-state index is 13.7. The molecule has 1 saturated carbocycles. The molecule has 1 amide bonds. The number of hydrogen-bond donors (Lipinski definition) is 3. The summed E-state index contributed by atoms with van der Waals surface area (Å²) in [4.78, 5) is 16.9. The molecular weight excluding hydrogens is 394 g/mol. The van der Waals surface area contributed by atoms with Gasteiger partial charge in [-0.15, -0.1) is 0 Å². The van der Waals surface area contributed by atoms with E-state index in [0.29, 0.717) is 25.1 Å². The highest BCUT2D eigenvalue weighted by molar-refractivity contribution is 7.93. The van der Waals surface area contributed by atoms with Gasteiger partial charge in [0, 0.05) is 25.0 Å². The van der Waals surface area contributed by atoms with E-state index in [0.717, 1.165) is 12.0 Å². The monoisotopic (exact) mass is 419 g/mol. The summed E-state index contributed by atoms with van der Waals surface area (Å²) in [5.41, 5.74) is 2.48. The fourth-order valence-electron chi connectivity index (χ4n) is 3.93. The van der Waals surface area contributed by atoms with Crippen molar-refractivity contribution in [3.05, 3.63) is 54.4 Å². The lowest BCUT2D eigenvalue weighted by molar-refractivity contribution is -0.133. The Hall–Kier alpha value is -2.49. The molecule has 1 aromatic heterocycles. The van der Waals surface area contributed by atoms with Crippen LogP contribution in [0.2, 0.25) is 0 Å². The minimum atomic E-state index is -4.12. The zero-order valence-corrected chi connectivity index (χ0v) is 17.0. The average Bonchev–Trinajstić information content (AvgIpc) is 2.77. The molecule has 8 nitrogen and oxygen atoms in total. The zero-order valence-electron chi connectivity index (χ0n) is 16.2. The summed E-state index contributed by atoms with van der Waals surface area (Å²) in [6.45, 7) is 0.358. The molecule has 1 aliphatic carbocycles. The van der Waals surface area contributed by atoms with Crippen LogP contribution in [0.15, 0.2) is 53.7 Å². The molecule has 2 atom stereocenters. The number of nitrogens with one attached hydrogen (secondary N) is 2. The number of methoxy groups -OCH3 is 1. The quantitative estimate of drug-likeness (QED) is 0.463.